The minimum absolute atomic E-state index is 0.0498. The van der Waals surface area contributed by atoms with Gasteiger partial charge in [0.2, 0.25) is 11.8 Å². The second-order valence-electron chi connectivity index (χ2n) is 8.19. The highest BCUT2D eigenvalue weighted by atomic mass is 16.5. The minimum Gasteiger partial charge on any atom is -0.489 e. The summed E-state index contributed by atoms with van der Waals surface area (Å²) in [4.78, 5) is 40.8. The summed E-state index contributed by atoms with van der Waals surface area (Å²) < 4.78 is 52.8. The second-order valence-corrected chi connectivity index (χ2v) is 8.19. The Labute approximate surface area is 205 Å². The van der Waals surface area contributed by atoms with Crippen molar-refractivity contribution in [3.8, 4) is 5.75 Å². The Morgan fingerprint density at radius 1 is 1.21 bits per heavy atom. The van der Waals surface area contributed by atoms with Crippen LogP contribution >= 0.6 is 0 Å². The fourth-order valence-electron chi connectivity index (χ4n) is 4.08. The first-order valence-electron chi connectivity index (χ1n) is 13.4. The largest absolute Gasteiger partial charge is 0.489 e. The van der Waals surface area contributed by atoms with E-state index in [0.717, 1.165) is 16.0 Å². The Bertz CT molecular complexity index is 1350. The highest BCUT2D eigenvalue weighted by molar-refractivity contribution is 6.02. The van der Waals surface area contributed by atoms with Crippen LogP contribution in [-0.4, -0.2) is 53.3 Å². The van der Waals surface area contributed by atoms with Crippen molar-refractivity contribution in [2.45, 2.75) is 38.5 Å². The number of rotatable bonds is 6. The molecular weight excluding hydrogens is 434 g/mol. The monoisotopic (exact) mass is 466 g/mol. The molecule has 34 heavy (non-hydrogen) atoms. The maximum absolute atomic E-state index is 13.3. The molecule has 1 N–H and O–H groups in total. The van der Waals surface area contributed by atoms with Gasteiger partial charge >= 0.3 is 0 Å². The number of hydrogen-bond acceptors (Lipinski definition) is 5. The third-order valence-corrected chi connectivity index (χ3v) is 5.89. The number of allylic oxidation sites excluding steroid dienone is 1. The number of ether oxygens (including phenoxy) is 2. The number of carbonyl (C=O) groups is 3. The average Bonchev–Trinajstić information content (AvgIpc) is 3.28. The number of nitrogens with one attached hydrogen (secondary N) is 1. The molecule has 2 aromatic rings. The Balaban J connectivity index is 1.32. The molecule has 176 valence electrons. The molecule has 0 bridgehead atoms. The lowest BCUT2D eigenvalue weighted by Gasteiger charge is -2.31. The Kier molecular flexibility index (Phi) is 4.62. The third kappa shape index (κ3) is 4.41. The van der Waals surface area contributed by atoms with Gasteiger partial charge in [0.1, 0.15) is 25.0 Å². The van der Waals surface area contributed by atoms with Gasteiger partial charge in [0.15, 0.2) is 1.41 Å². The maximum atomic E-state index is 13.3. The van der Waals surface area contributed by atoms with Gasteiger partial charge in [-0.15, -0.1) is 0 Å². The van der Waals surface area contributed by atoms with E-state index < -0.39 is 36.3 Å². The smallest absolute Gasteiger partial charge is 0.255 e. The van der Waals surface area contributed by atoms with Gasteiger partial charge in [-0.05, 0) is 36.0 Å². The third-order valence-electron chi connectivity index (χ3n) is 5.89. The number of amides is 3. The van der Waals surface area contributed by atoms with Crippen molar-refractivity contribution in [2.24, 2.45) is 0 Å². The fourth-order valence-corrected chi connectivity index (χ4v) is 4.08. The van der Waals surface area contributed by atoms with Gasteiger partial charge in [-0.3, -0.25) is 14.4 Å². The summed E-state index contributed by atoms with van der Waals surface area (Å²) in [6.45, 7) is 4.93. The van der Waals surface area contributed by atoms with Crippen molar-refractivity contribution in [3.05, 3.63) is 77.0 Å². The van der Waals surface area contributed by atoms with Crippen LogP contribution in [0.25, 0.3) is 0 Å². The molecule has 0 saturated carbocycles. The predicted octanol–water partition coefficient (Wildman–Crippen LogP) is 2.37. The van der Waals surface area contributed by atoms with E-state index in [9.17, 15) is 14.4 Å². The van der Waals surface area contributed by atoms with E-state index in [4.69, 9.17) is 16.4 Å². The number of hydrogen-bond donors (Lipinski definition) is 1. The van der Waals surface area contributed by atoms with Crippen molar-refractivity contribution in [2.75, 3.05) is 19.8 Å². The van der Waals surface area contributed by atoms with Crippen LogP contribution in [0.3, 0.4) is 0 Å². The molecule has 3 amide bonds. The van der Waals surface area contributed by atoms with Gasteiger partial charge in [0.05, 0.1) is 14.5 Å². The molecule has 3 aliphatic heterocycles. The van der Waals surface area contributed by atoms with Crippen molar-refractivity contribution in [3.63, 3.8) is 0 Å². The summed E-state index contributed by atoms with van der Waals surface area (Å²) in [6.07, 6.45) is -4.60. The van der Waals surface area contributed by atoms with Crippen molar-refractivity contribution in [1.82, 2.24) is 15.1 Å². The Morgan fingerprint density at radius 3 is 2.79 bits per heavy atom. The molecule has 3 aliphatic rings. The summed E-state index contributed by atoms with van der Waals surface area (Å²) >= 11 is 0. The second kappa shape index (κ2) is 9.30. The number of nitrogens with zero attached hydrogens (tertiary/aromatic N) is 2. The molecule has 2 atom stereocenters. The van der Waals surface area contributed by atoms with E-state index in [2.05, 4.69) is 6.58 Å². The van der Waals surface area contributed by atoms with E-state index >= 15 is 0 Å². The molecule has 0 spiro atoms. The fraction of sp³-hybridized carbons (Fsp3) is 0.346. The van der Waals surface area contributed by atoms with Crippen molar-refractivity contribution >= 4 is 17.7 Å². The quantitative estimate of drug-likeness (QED) is 0.706. The summed E-state index contributed by atoms with van der Waals surface area (Å²) in [5.41, 5.74) is 1.95. The number of benzene rings is 2. The summed E-state index contributed by atoms with van der Waals surface area (Å²) in [5.74, 6) is -1.75. The van der Waals surface area contributed by atoms with Gasteiger partial charge in [0.25, 0.3) is 5.91 Å². The SMILES string of the molecule is [2H]C1C(=C)N([2H])C(=O)C([2H])(N2Cc3c(OCc4ccc(CN5CCOCC5=O)cc4)cccc3C2=O)C1([2H])[2H]. The van der Waals surface area contributed by atoms with Crippen molar-refractivity contribution in [1.29, 1.82) is 0 Å². The molecule has 2 saturated heterocycles. The van der Waals surface area contributed by atoms with Gasteiger partial charge < -0.3 is 24.6 Å². The van der Waals surface area contributed by atoms with Gasteiger partial charge in [-0.25, -0.2) is 0 Å². The highest BCUT2D eigenvalue weighted by Crippen LogP contribution is 2.34. The molecule has 5 rings (SSSR count). The molecular formula is C26H27N3O5. The molecule has 3 heterocycles. The van der Waals surface area contributed by atoms with Crippen LogP contribution in [0.15, 0.2) is 54.7 Å². The average molecular weight is 467 g/mol. The Morgan fingerprint density at radius 2 is 2.00 bits per heavy atom. The van der Waals surface area contributed by atoms with E-state index in [1.807, 2.05) is 24.3 Å². The van der Waals surface area contributed by atoms with Crippen LogP contribution in [-0.2, 0) is 34.0 Å². The predicted molar refractivity (Wildman–Crippen MR) is 124 cm³/mol. The van der Waals surface area contributed by atoms with E-state index in [1.54, 1.807) is 17.0 Å². The normalized spacial score (nSPS) is 28.6. The zero-order valence-corrected chi connectivity index (χ0v) is 18.5. The molecule has 2 aromatic carbocycles. The zero-order chi connectivity index (χ0) is 28.1. The lowest BCUT2D eigenvalue weighted by Crippen LogP contribution is -2.49. The molecule has 0 aliphatic carbocycles. The highest BCUT2D eigenvalue weighted by Gasteiger charge is 2.39. The van der Waals surface area contributed by atoms with Crippen LogP contribution in [0.1, 0.15) is 45.3 Å². The van der Waals surface area contributed by atoms with Crippen LogP contribution in [0.2, 0.25) is 1.41 Å². The van der Waals surface area contributed by atoms with E-state index in [1.165, 1.54) is 6.07 Å². The first kappa shape index (κ1) is 16.9. The first-order valence-corrected chi connectivity index (χ1v) is 10.9. The summed E-state index contributed by atoms with van der Waals surface area (Å²) in [5, 5.41) is 0.234. The van der Waals surface area contributed by atoms with Gasteiger partial charge in [-0.2, -0.15) is 0 Å². The lowest BCUT2D eigenvalue weighted by atomic mass is 10.0. The summed E-state index contributed by atoms with van der Waals surface area (Å²) in [7, 11) is 0. The minimum atomic E-state index is -2.84. The molecule has 2 fully saturated rings. The molecule has 2 unspecified atom stereocenters. The van der Waals surface area contributed by atoms with E-state index in [-0.39, 0.29) is 36.5 Å². The topological polar surface area (TPSA) is 88.2 Å². The first-order chi connectivity index (χ1) is 18.5. The Hall–Kier alpha value is -3.65. The van der Waals surface area contributed by atoms with Crippen LogP contribution in [0.4, 0.5) is 0 Å². The van der Waals surface area contributed by atoms with Crippen molar-refractivity contribution < 1.29 is 30.8 Å². The lowest BCUT2D eigenvalue weighted by molar-refractivity contribution is -0.143. The number of piperidine rings is 1. The molecule has 8 heteroatoms. The van der Waals surface area contributed by atoms with Gasteiger partial charge in [0, 0.05) is 34.0 Å². The number of morpholine rings is 1. The van der Waals surface area contributed by atoms with Crippen LogP contribution in [0.5, 0.6) is 5.75 Å². The van der Waals surface area contributed by atoms with Gasteiger partial charge in [-0.1, -0.05) is 36.9 Å². The van der Waals surface area contributed by atoms with Crippen LogP contribution in [0, 0.1) is 0 Å². The van der Waals surface area contributed by atoms with E-state index in [0.29, 0.717) is 31.0 Å². The number of carbonyl (C=O) groups excluding carboxylic acids is 3. The summed E-state index contributed by atoms with van der Waals surface area (Å²) in [6, 6.07) is 9.46. The molecule has 0 radical (unpaired) electrons. The van der Waals surface area contributed by atoms with Crippen LogP contribution < -0.4 is 10.0 Å². The molecule has 8 nitrogen and oxygen atoms in total. The molecule has 0 aromatic heterocycles. The zero-order valence-electron chi connectivity index (χ0n) is 23.5. The standard InChI is InChI=1S/C26H27N3O5/c1-17-5-10-22(25(31)27-17)29-14-21-20(26(29)32)3-2-4-23(21)34-15-19-8-6-18(7-9-19)13-28-11-12-33-16-24(28)30/h2-4,6-9,22H,1,5,10-16H2,(H,27,31)/i5D,10D2,22D/hD. The number of fused-ring (bicyclic) bond motifs is 1. The maximum Gasteiger partial charge on any atom is 0.255 e.